The van der Waals surface area contributed by atoms with E-state index in [1.165, 1.54) is 17.0 Å². The van der Waals surface area contributed by atoms with Crippen LogP contribution in [0.4, 0.5) is 20.2 Å². The SMILES string of the molecule is CN(C(=O)c1ccccc1C(=O)OCC(=O)NCC(=O)Nc1ccc(F)c(F)c1)c1ccccc1. The van der Waals surface area contributed by atoms with Crippen molar-refractivity contribution in [1.82, 2.24) is 5.32 Å². The molecule has 0 heterocycles. The number of amides is 3. The van der Waals surface area contributed by atoms with E-state index in [9.17, 15) is 28.0 Å². The molecule has 0 spiro atoms. The highest BCUT2D eigenvalue weighted by Gasteiger charge is 2.22. The Morgan fingerprint density at radius 3 is 2.17 bits per heavy atom. The molecule has 0 fully saturated rings. The van der Waals surface area contributed by atoms with Gasteiger partial charge in [-0.25, -0.2) is 13.6 Å². The predicted octanol–water partition coefficient (Wildman–Crippen LogP) is 3.15. The van der Waals surface area contributed by atoms with E-state index < -0.39 is 48.5 Å². The lowest BCUT2D eigenvalue weighted by Gasteiger charge is -2.18. The summed E-state index contributed by atoms with van der Waals surface area (Å²) < 4.78 is 31.1. The third-order valence-corrected chi connectivity index (χ3v) is 4.81. The maximum Gasteiger partial charge on any atom is 0.339 e. The molecule has 0 bridgehead atoms. The van der Waals surface area contributed by atoms with E-state index in [-0.39, 0.29) is 16.8 Å². The van der Waals surface area contributed by atoms with E-state index >= 15 is 0 Å². The molecule has 180 valence electrons. The molecule has 0 aromatic heterocycles. The molecule has 0 saturated heterocycles. The normalized spacial score (nSPS) is 10.3. The summed E-state index contributed by atoms with van der Waals surface area (Å²) in [4.78, 5) is 50.7. The molecule has 2 N–H and O–H groups in total. The van der Waals surface area contributed by atoms with Gasteiger partial charge in [-0.15, -0.1) is 0 Å². The zero-order valence-electron chi connectivity index (χ0n) is 18.6. The topological polar surface area (TPSA) is 105 Å². The molecule has 8 nitrogen and oxygen atoms in total. The number of rotatable bonds is 8. The number of anilines is 2. The number of halogens is 2. The van der Waals surface area contributed by atoms with Crippen LogP contribution in [0.5, 0.6) is 0 Å². The molecular weight excluding hydrogens is 460 g/mol. The lowest BCUT2D eigenvalue weighted by Crippen LogP contribution is -2.35. The number of hydrogen-bond acceptors (Lipinski definition) is 5. The number of para-hydroxylation sites is 1. The Labute approximate surface area is 199 Å². The minimum atomic E-state index is -1.13. The predicted molar refractivity (Wildman–Crippen MR) is 124 cm³/mol. The molecule has 0 radical (unpaired) electrons. The van der Waals surface area contributed by atoms with Crippen molar-refractivity contribution < 1.29 is 32.7 Å². The van der Waals surface area contributed by atoms with Crippen molar-refractivity contribution in [2.75, 3.05) is 30.4 Å². The smallest absolute Gasteiger partial charge is 0.339 e. The zero-order chi connectivity index (χ0) is 25.4. The number of ether oxygens (including phenoxy) is 1. The summed E-state index contributed by atoms with van der Waals surface area (Å²) in [5.74, 6) is -5.00. The van der Waals surface area contributed by atoms with Gasteiger partial charge in [0.25, 0.3) is 11.8 Å². The first-order valence-electron chi connectivity index (χ1n) is 10.4. The van der Waals surface area contributed by atoms with Gasteiger partial charge in [-0.05, 0) is 36.4 Å². The van der Waals surface area contributed by atoms with E-state index in [4.69, 9.17) is 4.74 Å². The summed E-state index contributed by atoms with van der Waals surface area (Å²) >= 11 is 0. The van der Waals surface area contributed by atoms with Crippen molar-refractivity contribution in [3.63, 3.8) is 0 Å². The quantitative estimate of drug-likeness (QED) is 0.481. The minimum absolute atomic E-state index is 0.0105. The average molecular weight is 481 g/mol. The molecule has 0 unspecified atom stereocenters. The molecule has 3 aromatic rings. The third-order valence-electron chi connectivity index (χ3n) is 4.81. The van der Waals surface area contributed by atoms with Crippen LogP contribution in [-0.4, -0.2) is 43.9 Å². The Bertz CT molecular complexity index is 1250. The number of benzene rings is 3. The second-order valence-corrected chi connectivity index (χ2v) is 7.28. The van der Waals surface area contributed by atoms with Crippen LogP contribution in [0.2, 0.25) is 0 Å². The molecule has 0 aliphatic rings. The molecule has 35 heavy (non-hydrogen) atoms. The maximum absolute atomic E-state index is 13.2. The van der Waals surface area contributed by atoms with Gasteiger partial charge in [-0.1, -0.05) is 30.3 Å². The summed E-state index contributed by atoms with van der Waals surface area (Å²) in [7, 11) is 1.57. The van der Waals surface area contributed by atoms with Crippen LogP contribution in [0, 0.1) is 11.6 Å². The number of nitrogens with one attached hydrogen (secondary N) is 2. The van der Waals surface area contributed by atoms with E-state index in [2.05, 4.69) is 10.6 Å². The van der Waals surface area contributed by atoms with E-state index in [0.29, 0.717) is 5.69 Å². The maximum atomic E-state index is 13.2. The van der Waals surface area contributed by atoms with Crippen LogP contribution in [0.3, 0.4) is 0 Å². The molecule has 10 heteroatoms. The van der Waals surface area contributed by atoms with Crippen molar-refractivity contribution in [2.45, 2.75) is 0 Å². The second kappa shape index (κ2) is 11.5. The Hall–Kier alpha value is -4.60. The summed E-state index contributed by atoms with van der Waals surface area (Å²) in [5, 5.41) is 4.53. The van der Waals surface area contributed by atoms with Crippen molar-refractivity contribution in [3.05, 3.63) is 95.6 Å². The standard InChI is InChI=1S/C25H21F2N3O5/c1-30(17-7-3-2-4-8-17)24(33)18-9-5-6-10-19(18)25(34)35-15-23(32)28-14-22(31)29-16-11-12-20(26)21(27)13-16/h2-13H,14-15H2,1H3,(H,28,32)(H,29,31). The first-order valence-corrected chi connectivity index (χ1v) is 10.4. The van der Waals surface area contributed by atoms with Crippen molar-refractivity contribution in [3.8, 4) is 0 Å². The Kier molecular flexibility index (Phi) is 8.23. The van der Waals surface area contributed by atoms with Crippen LogP contribution < -0.4 is 15.5 Å². The third kappa shape index (κ3) is 6.70. The van der Waals surface area contributed by atoms with E-state index in [0.717, 1.165) is 18.2 Å². The first kappa shape index (κ1) is 25.0. The van der Waals surface area contributed by atoms with Crippen LogP contribution in [-0.2, 0) is 14.3 Å². The van der Waals surface area contributed by atoms with Gasteiger partial charge < -0.3 is 20.3 Å². The molecule has 3 aromatic carbocycles. The van der Waals surface area contributed by atoms with Crippen LogP contribution in [0.25, 0.3) is 0 Å². The Morgan fingerprint density at radius 1 is 0.829 bits per heavy atom. The van der Waals surface area contributed by atoms with Crippen molar-refractivity contribution >= 4 is 35.1 Å². The summed E-state index contributed by atoms with van der Waals surface area (Å²) in [6.07, 6.45) is 0. The van der Waals surface area contributed by atoms with Crippen LogP contribution in [0.15, 0.2) is 72.8 Å². The zero-order valence-corrected chi connectivity index (χ0v) is 18.6. The summed E-state index contributed by atoms with van der Waals surface area (Å²) in [5.41, 5.74) is 0.706. The summed E-state index contributed by atoms with van der Waals surface area (Å²) in [6, 6.07) is 17.7. The highest BCUT2D eigenvalue weighted by molar-refractivity contribution is 6.12. The van der Waals surface area contributed by atoms with Gasteiger partial charge in [0, 0.05) is 24.5 Å². The molecule has 3 amide bonds. The largest absolute Gasteiger partial charge is 0.452 e. The van der Waals surface area contributed by atoms with Crippen molar-refractivity contribution in [2.24, 2.45) is 0 Å². The van der Waals surface area contributed by atoms with Gasteiger partial charge in [0.2, 0.25) is 5.91 Å². The molecule has 0 aliphatic heterocycles. The number of carbonyl (C=O) groups excluding carboxylic acids is 4. The van der Waals surface area contributed by atoms with Crippen molar-refractivity contribution in [1.29, 1.82) is 0 Å². The first-order chi connectivity index (χ1) is 16.8. The number of esters is 1. The Morgan fingerprint density at radius 2 is 1.49 bits per heavy atom. The molecule has 0 saturated carbocycles. The molecule has 0 atom stereocenters. The molecule has 3 rings (SSSR count). The average Bonchev–Trinajstić information content (AvgIpc) is 2.87. The van der Waals surface area contributed by atoms with E-state index in [1.54, 1.807) is 43.4 Å². The fourth-order valence-electron chi connectivity index (χ4n) is 3.01. The van der Waals surface area contributed by atoms with Gasteiger partial charge >= 0.3 is 5.97 Å². The lowest BCUT2D eigenvalue weighted by molar-refractivity contribution is -0.126. The monoisotopic (exact) mass is 481 g/mol. The molecule has 0 aliphatic carbocycles. The van der Waals surface area contributed by atoms with Gasteiger partial charge in [-0.3, -0.25) is 14.4 Å². The van der Waals surface area contributed by atoms with Gasteiger partial charge in [-0.2, -0.15) is 0 Å². The Balaban J connectivity index is 1.54. The van der Waals surface area contributed by atoms with Gasteiger partial charge in [0.15, 0.2) is 18.2 Å². The number of carbonyl (C=O) groups is 4. The fraction of sp³-hybridized carbons (Fsp3) is 0.120. The van der Waals surface area contributed by atoms with Gasteiger partial charge in [0.1, 0.15) is 0 Å². The summed E-state index contributed by atoms with van der Waals surface area (Å²) in [6.45, 7) is -1.19. The van der Waals surface area contributed by atoms with Crippen LogP contribution in [0.1, 0.15) is 20.7 Å². The number of nitrogens with zero attached hydrogens (tertiary/aromatic N) is 1. The molecular formula is C25H21F2N3O5. The van der Waals surface area contributed by atoms with Crippen LogP contribution >= 0.6 is 0 Å². The van der Waals surface area contributed by atoms with Gasteiger partial charge in [0.05, 0.1) is 17.7 Å². The fourth-order valence-corrected chi connectivity index (χ4v) is 3.01. The second-order valence-electron chi connectivity index (χ2n) is 7.28. The van der Waals surface area contributed by atoms with E-state index in [1.807, 2.05) is 6.07 Å². The highest BCUT2D eigenvalue weighted by Crippen LogP contribution is 2.18. The minimum Gasteiger partial charge on any atom is -0.452 e. The highest BCUT2D eigenvalue weighted by atomic mass is 19.2. The number of hydrogen-bond donors (Lipinski definition) is 2. The lowest BCUT2D eigenvalue weighted by atomic mass is 10.1.